The number of amides is 1. The zero-order valence-corrected chi connectivity index (χ0v) is 17.2. The van der Waals surface area contributed by atoms with E-state index in [0.717, 1.165) is 32.5 Å². The van der Waals surface area contributed by atoms with Gasteiger partial charge in [0, 0.05) is 22.2 Å². The Bertz CT molecular complexity index is 1040. The van der Waals surface area contributed by atoms with Crippen LogP contribution in [0.2, 0.25) is 0 Å². The fourth-order valence-electron chi connectivity index (χ4n) is 3.38. The molecule has 2 N–H and O–H groups in total. The van der Waals surface area contributed by atoms with Crippen molar-refractivity contribution < 1.29 is 9.53 Å². The third-order valence-electron chi connectivity index (χ3n) is 4.86. The Morgan fingerprint density at radius 2 is 1.86 bits per heavy atom. The number of hydrogen-bond donors (Lipinski definition) is 2. The lowest BCUT2D eigenvalue weighted by Crippen LogP contribution is -2.32. The molecule has 5 nitrogen and oxygen atoms in total. The lowest BCUT2D eigenvalue weighted by molar-refractivity contribution is -0.119. The van der Waals surface area contributed by atoms with Crippen molar-refractivity contribution in [3.05, 3.63) is 74.2 Å². The summed E-state index contributed by atoms with van der Waals surface area (Å²) >= 11 is 2.74. The average molecular weight is 413 g/mol. The molecule has 7 heteroatoms. The number of hydrogen-bond acceptors (Lipinski definition) is 5. The molecule has 1 amide bonds. The van der Waals surface area contributed by atoms with Gasteiger partial charge in [-0.25, -0.2) is 0 Å². The number of thiazole rings is 1. The van der Waals surface area contributed by atoms with Crippen LogP contribution >= 0.6 is 23.1 Å². The van der Waals surface area contributed by atoms with E-state index in [2.05, 4.69) is 22.4 Å². The number of aromatic amines is 1. The highest BCUT2D eigenvalue weighted by molar-refractivity contribution is 7.99. The molecule has 1 aliphatic heterocycles. The summed E-state index contributed by atoms with van der Waals surface area (Å²) < 4.78 is 5.17. The predicted molar refractivity (Wildman–Crippen MR) is 114 cm³/mol. The molecule has 28 heavy (non-hydrogen) atoms. The van der Waals surface area contributed by atoms with Crippen LogP contribution in [0.3, 0.4) is 0 Å². The van der Waals surface area contributed by atoms with E-state index in [9.17, 15) is 9.59 Å². The van der Waals surface area contributed by atoms with Crippen LogP contribution in [0.4, 0.5) is 5.69 Å². The SMILES string of the molecule is COc1ccc(NC(=O)[C@@H]2CSc3[nH]c(=O)sc3[C@H]2c2ccc(C)cc2)cc1. The van der Waals surface area contributed by atoms with E-state index in [1.54, 1.807) is 7.11 Å². The Hall–Kier alpha value is -2.51. The number of anilines is 1. The molecule has 0 spiro atoms. The van der Waals surface area contributed by atoms with Crippen molar-refractivity contribution in [2.75, 3.05) is 18.2 Å². The lowest BCUT2D eigenvalue weighted by atomic mass is 9.84. The zero-order valence-electron chi connectivity index (χ0n) is 15.5. The number of fused-ring (bicyclic) bond motifs is 1. The maximum Gasteiger partial charge on any atom is 0.305 e. The summed E-state index contributed by atoms with van der Waals surface area (Å²) in [6, 6.07) is 15.5. The normalized spacial score (nSPS) is 18.4. The summed E-state index contributed by atoms with van der Waals surface area (Å²) in [5, 5.41) is 3.90. The van der Waals surface area contributed by atoms with Gasteiger partial charge in [0.05, 0.1) is 18.1 Å². The largest absolute Gasteiger partial charge is 0.497 e. The molecule has 2 atom stereocenters. The van der Waals surface area contributed by atoms with Crippen LogP contribution < -0.4 is 14.9 Å². The van der Waals surface area contributed by atoms with Crippen LogP contribution in [0.15, 0.2) is 58.4 Å². The fraction of sp³-hybridized carbons (Fsp3) is 0.238. The second-order valence-corrected chi connectivity index (χ2v) is 8.78. The molecule has 2 heterocycles. The molecule has 0 fully saturated rings. The predicted octanol–water partition coefficient (Wildman–Crippen LogP) is 4.25. The van der Waals surface area contributed by atoms with Gasteiger partial charge in [-0.3, -0.25) is 9.59 Å². The molecule has 4 rings (SSSR count). The van der Waals surface area contributed by atoms with Crippen molar-refractivity contribution >= 4 is 34.7 Å². The number of methoxy groups -OCH3 is 1. The molecule has 0 saturated heterocycles. The van der Waals surface area contributed by atoms with E-state index < -0.39 is 0 Å². The van der Waals surface area contributed by atoms with Gasteiger partial charge < -0.3 is 15.0 Å². The number of ether oxygens (including phenoxy) is 1. The second kappa shape index (κ2) is 7.85. The lowest BCUT2D eigenvalue weighted by Gasteiger charge is -2.30. The quantitative estimate of drug-likeness (QED) is 0.672. The van der Waals surface area contributed by atoms with Crippen molar-refractivity contribution in [2.45, 2.75) is 17.9 Å². The number of carbonyl (C=O) groups excluding carboxylic acids is 1. The van der Waals surface area contributed by atoms with Gasteiger partial charge in [0.2, 0.25) is 5.91 Å². The average Bonchev–Trinajstić information content (AvgIpc) is 3.08. The molecule has 0 radical (unpaired) electrons. The fourth-order valence-corrected chi connectivity index (χ4v) is 5.80. The second-order valence-electron chi connectivity index (χ2n) is 6.73. The maximum atomic E-state index is 13.1. The Morgan fingerprint density at radius 3 is 2.54 bits per heavy atom. The molecule has 1 aromatic heterocycles. The van der Waals surface area contributed by atoms with Crippen LogP contribution in [0.1, 0.15) is 21.9 Å². The molecule has 0 bridgehead atoms. The minimum atomic E-state index is -0.270. The van der Waals surface area contributed by atoms with Crippen molar-refractivity contribution in [3.63, 3.8) is 0 Å². The highest BCUT2D eigenvalue weighted by Gasteiger charge is 2.38. The number of aryl methyl sites for hydroxylation is 1. The van der Waals surface area contributed by atoms with Crippen LogP contribution in [-0.2, 0) is 4.79 Å². The number of thioether (sulfide) groups is 1. The van der Waals surface area contributed by atoms with Gasteiger partial charge in [-0.2, -0.15) is 0 Å². The summed E-state index contributed by atoms with van der Waals surface area (Å²) in [6.07, 6.45) is 0. The highest BCUT2D eigenvalue weighted by atomic mass is 32.2. The summed E-state index contributed by atoms with van der Waals surface area (Å²) in [4.78, 5) is 28.9. The van der Waals surface area contributed by atoms with Crippen molar-refractivity contribution in [2.24, 2.45) is 5.92 Å². The molecule has 0 unspecified atom stereocenters. The first kappa shape index (κ1) is 18.8. The van der Waals surface area contributed by atoms with Crippen molar-refractivity contribution in [1.29, 1.82) is 0 Å². The van der Waals surface area contributed by atoms with Gasteiger partial charge in [0.1, 0.15) is 5.75 Å². The number of benzene rings is 2. The van der Waals surface area contributed by atoms with Crippen LogP contribution in [0, 0.1) is 12.8 Å². The summed E-state index contributed by atoms with van der Waals surface area (Å²) in [7, 11) is 1.61. The molecular weight excluding hydrogens is 392 g/mol. The van der Waals surface area contributed by atoms with Gasteiger partial charge in [-0.05, 0) is 36.8 Å². The Labute approximate surface area is 171 Å². The number of aromatic nitrogens is 1. The standard InChI is InChI=1S/C21H20N2O3S2/c1-12-3-5-13(6-4-12)17-16(11-27-20-18(17)28-21(25)23-20)19(24)22-14-7-9-15(26-2)10-8-14/h3-10,16-17H,11H2,1-2H3,(H,22,24)(H,23,25)/t16-,17+/m1/s1. The molecule has 1 aliphatic rings. The van der Waals surface area contributed by atoms with Gasteiger partial charge >= 0.3 is 4.87 Å². The van der Waals surface area contributed by atoms with E-state index in [0.29, 0.717) is 5.75 Å². The first-order valence-electron chi connectivity index (χ1n) is 8.92. The number of H-pyrrole nitrogens is 1. The van der Waals surface area contributed by atoms with Crippen LogP contribution in [-0.4, -0.2) is 23.8 Å². The van der Waals surface area contributed by atoms with Crippen molar-refractivity contribution in [3.8, 4) is 5.75 Å². The van der Waals surface area contributed by atoms with E-state index >= 15 is 0 Å². The van der Waals surface area contributed by atoms with E-state index in [1.165, 1.54) is 23.1 Å². The van der Waals surface area contributed by atoms with Gasteiger partial charge in [0.15, 0.2) is 0 Å². The Kier molecular flexibility index (Phi) is 5.28. The minimum Gasteiger partial charge on any atom is -0.497 e. The van der Waals surface area contributed by atoms with Gasteiger partial charge in [0.25, 0.3) is 0 Å². The van der Waals surface area contributed by atoms with Gasteiger partial charge in [-0.15, -0.1) is 11.8 Å². The van der Waals surface area contributed by atoms with Crippen LogP contribution in [0.5, 0.6) is 5.75 Å². The third kappa shape index (κ3) is 3.72. The number of carbonyl (C=O) groups is 1. The van der Waals surface area contributed by atoms with E-state index in [4.69, 9.17) is 4.74 Å². The molecule has 2 aromatic carbocycles. The zero-order chi connectivity index (χ0) is 19.7. The van der Waals surface area contributed by atoms with Crippen molar-refractivity contribution in [1.82, 2.24) is 4.98 Å². The smallest absolute Gasteiger partial charge is 0.305 e. The first-order valence-corrected chi connectivity index (χ1v) is 10.7. The summed E-state index contributed by atoms with van der Waals surface area (Å²) in [5.74, 6) is 0.897. The number of rotatable bonds is 4. The minimum absolute atomic E-state index is 0.0465. The highest BCUT2D eigenvalue weighted by Crippen LogP contribution is 2.45. The summed E-state index contributed by atoms with van der Waals surface area (Å²) in [6.45, 7) is 2.04. The summed E-state index contributed by atoms with van der Waals surface area (Å²) in [5.41, 5.74) is 2.94. The van der Waals surface area contributed by atoms with E-state index in [-0.39, 0.29) is 22.6 Å². The molecule has 3 aromatic rings. The molecule has 144 valence electrons. The van der Waals surface area contributed by atoms with Gasteiger partial charge in [-0.1, -0.05) is 41.2 Å². The topological polar surface area (TPSA) is 71.2 Å². The Balaban J connectivity index is 1.66. The number of nitrogens with one attached hydrogen (secondary N) is 2. The van der Waals surface area contributed by atoms with E-state index in [1.807, 2.05) is 43.3 Å². The maximum absolute atomic E-state index is 13.1. The monoisotopic (exact) mass is 412 g/mol. The molecule has 0 saturated carbocycles. The van der Waals surface area contributed by atoms with Crippen LogP contribution in [0.25, 0.3) is 0 Å². The Morgan fingerprint density at radius 1 is 1.14 bits per heavy atom. The molecular formula is C21H20N2O3S2. The third-order valence-corrected chi connectivity index (χ3v) is 7.10. The first-order chi connectivity index (χ1) is 13.5. The molecule has 0 aliphatic carbocycles.